The van der Waals surface area contributed by atoms with Gasteiger partial charge in [0.25, 0.3) is 5.56 Å². The van der Waals surface area contributed by atoms with E-state index >= 15 is 0 Å². The minimum absolute atomic E-state index is 0.0519. The summed E-state index contributed by atoms with van der Waals surface area (Å²) in [5.41, 5.74) is 3.38. The Labute approximate surface area is 285 Å². The maximum absolute atomic E-state index is 13.1. The number of hydrogen-bond acceptors (Lipinski definition) is 4. The lowest BCUT2D eigenvalue weighted by molar-refractivity contribution is 0.219. The van der Waals surface area contributed by atoms with Gasteiger partial charge in [-0.1, -0.05) is 108 Å². The molecule has 2 amide bonds. The van der Waals surface area contributed by atoms with Crippen molar-refractivity contribution in [3.8, 4) is 11.4 Å². The Morgan fingerprint density at radius 2 is 1.50 bits per heavy atom. The summed E-state index contributed by atoms with van der Waals surface area (Å²) in [5, 5.41) is 12.5. The average Bonchev–Trinajstić information content (AvgIpc) is 3.35. The molecule has 0 saturated heterocycles. The first-order valence-corrected chi connectivity index (χ1v) is 16.5. The van der Waals surface area contributed by atoms with Crippen LogP contribution in [0.1, 0.15) is 78.9 Å². The van der Waals surface area contributed by atoms with Crippen LogP contribution in [0, 0.1) is 0 Å². The van der Waals surface area contributed by atoms with Crippen molar-refractivity contribution in [3.63, 3.8) is 0 Å². The Morgan fingerprint density at radius 3 is 2.11 bits per heavy atom. The fourth-order valence-corrected chi connectivity index (χ4v) is 5.87. The molecule has 0 spiro atoms. The Morgan fingerprint density at radius 1 is 0.870 bits per heavy atom. The van der Waals surface area contributed by atoms with Gasteiger partial charge in [0.15, 0.2) is 6.23 Å². The van der Waals surface area contributed by atoms with Crippen LogP contribution in [0.2, 0.25) is 15.1 Å². The molecule has 3 aromatic carbocycles. The molecule has 246 valence electrons. The smallest absolute Gasteiger partial charge is 0.324 e. The number of H-pyrrole nitrogens is 1. The summed E-state index contributed by atoms with van der Waals surface area (Å²) < 4.78 is 7.75. The molecule has 0 bridgehead atoms. The van der Waals surface area contributed by atoms with Crippen LogP contribution in [0.4, 0.5) is 22.0 Å². The second-order valence-corrected chi connectivity index (χ2v) is 13.8. The van der Waals surface area contributed by atoms with Crippen LogP contribution in [-0.2, 0) is 10.8 Å². The number of carbonyl (C=O) groups excluding carboxylic acids is 1. The number of halogens is 3. The minimum atomic E-state index is -0.564. The van der Waals surface area contributed by atoms with Crippen molar-refractivity contribution in [2.75, 3.05) is 16.0 Å². The largest absolute Gasteiger partial charge is 0.470 e. The maximum Gasteiger partial charge on any atom is 0.324 e. The van der Waals surface area contributed by atoms with Crippen molar-refractivity contribution >= 4 is 58.0 Å². The first kappa shape index (κ1) is 35.3. The van der Waals surface area contributed by atoms with Crippen molar-refractivity contribution < 1.29 is 9.53 Å². The molecular formula is C35H42Cl3N5O3. The number of nitrogens with one attached hydrogen (secondary N) is 4. The predicted molar refractivity (Wildman–Crippen MR) is 192 cm³/mol. The zero-order valence-corrected chi connectivity index (χ0v) is 29.5. The standard InChI is InChI=1S/C35H42Cl3N5O3/c1-8-30(46-28-16-15-21(34(4,5)9-2)17-23(28)35(6,7)10-3)39-26-13-11-12-14-27(26)40-33(45)41-29-20-31(44)43(42-29)32-24(37)18-22(36)19-25(32)38/h11-20,30,39,42H,8-10H2,1-7H3,(H2,40,41,45). The minimum Gasteiger partial charge on any atom is -0.470 e. The number of carbonyl (C=O) groups is 1. The van der Waals surface area contributed by atoms with Crippen molar-refractivity contribution in [1.29, 1.82) is 0 Å². The lowest BCUT2D eigenvalue weighted by atomic mass is 9.76. The highest BCUT2D eigenvalue weighted by molar-refractivity contribution is 6.40. The fourth-order valence-electron chi connectivity index (χ4n) is 4.89. The number of aromatic nitrogens is 2. The van der Waals surface area contributed by atoms with Crippen LogP contribution in [0.3, 0.4) is 0 Å². The molecule has 0 fully saturated rings. The number of para-hydroxylation sites is 2. The topological polar surface area (TPSA) is 100 Å². The summed E-state index contributed by atoms with van der Waals surface area (Å²) in [4.78, 5) is 25.8. The summed E-state index contributed by atoms with van der Waals surface area (Å²) in [6.45, 7) is 15.5. The molecule has 11 heteroatoms. The molecule has 4 N–H and O–H groups in total. The molecule has 4 aromatic rings. The molecule has 0 aliphatic heterocycles. The van der Waals surface area contributed by atoms with E-state index in [0.29, 0.717) is 22.8 Å². The monoisotopic (exact) mass is 685 g/mol. The summed E-state index contributed by atoms with van der Waals surface area (Å²) in [7, 11) is 0. The SMILES string of the molecule is CCC(Nc1ccccc1NC(=O)Nc1cc(=O)n(-c2c(Cl)cc(Cl)cc2Cl)[nH]1)Oc1ccc(C(C)(C)CC)cc1C(C)(C)CC. The highest BCUT2D eigenvalue weighted by Crippen LogP contribution is 2.39. The highest BCUT2D eigenvalue weighted by Gasteiger charge is 2.28. The lowest BCUT2D eigenvalue weighted by Crippen LogP contribution is -2.29. The van der Waals surface area contributed by atoms with Crippen molar-refractivity contribution in [3.05, 3.63) is 97.2 Å². The third-order valence-corrected chi connectivity index (χ3v) is 9.36. The second-order valence-electron chi connectivity index (χ2n) is 12.5. The van der Waals surface area contributed by atoms with E-state index < -0.39 is 11.6 Å². The van der Waals surface area contributed by atoms with Crippen molar-refractivity contribution in [2.24, 2.45) is 0 Å². The summed E-state index contributed by atoms with van der Waals surface area (Å²) >= 11 is 18.6. The van der Waals surface area contributed by atoms with Crippen molar-refractivity contribution in [1.82, 2.24) is 9.78 Å². The summed E-state index contributed by atoms with van der Waals surface area (Å²) in [6.07, 6.45) is 2.28. The number of ether oxygens (including phenoxy) is 1. The van der Waals surface area contributed by atoms with Crippen LogP contribution < -0.4 is 26.2 Å². The lowest BCUT2D eigenvalue weighted by Gasteiger charge is -2.32. The summed E-state index contributed by atoms with van der Waals surface area (Å²) in [6, 6.07) is 17.5. The number of aromatic amines is 1. The van der Waals surface area contributed by atoms with Crippen LogP contribution in [0.5, 0.6) is 5.75 Å². The van der Waals surface area contributed by atoms with E-state index in [2.05, 4.69) is 80.8 Å². The third-order valence-electron chi connectivity index (χ3n) is 8.56. The van der Waals surface area contributed by atoms with Gasteiger partial charge in [0, 0.05) is 23.1 Å². The molecule has 8 nitrogen and oxygen atoms in total. The van der Waals surface area contributed by atoms with E-state index in [1.807, 2.05) is 25.1 Å². The first-order chi connectivity index (χ1) is 21.7. The van der Waals surface area contributed by atoms with Gasteiger partial charge in [-0.2, -0.15) is 0 Å². The number of urea groups is 1. The van der Waals surface area contributed by atoms with Crippen LogP contribution in [0.15, 0.2) is 65.5 Å². The van der Waals surface area contributed by atoms with E-state index in [1.54, 1.807) is 6.07 Å². The quantitative estimate of drug-likeness (QED) is 0.111. The predicted octanol–water partition coefficient (Wildman–Crippen LogP) is 10.4. The molecule has 0 aliphatic rings. The van der Waals surface area contributed by atoms with Crippen LogP contribution in [-0.4, -0.2) is 22.0 Å². The van der Waals surface area contributed by atoms with Gasteiger partial charge in [-0.25, -0.2) is 9.48 Å². The maximum atomic E-state index is 13.1. The fraction of sp³-hybridized carbons (Fsp3) is 0.371. The molecule has 1 aromatic heterocycles. The Hall–Kier alpha value is -3.59. The number of amides is 2. The van der Waals surface area contributed by atoms with Gasteiger partial charge in [-0.3, -0.25) is 15.2 Å². The molecule has 0 radical (unpaired) electrons. The Balaban J connectivity index is 1.53. The van der Waals surface area contributed by atoms with Gasteiger partial charge in [0.1, 0.15) is 17.3 Å². The zero-order chi connectivity index (χ0) is 33.8. The number of anilines is 3. The number of hydrogen-bond donors (Lipinski definition) is 4. The molecule has 46 heavy (non-hydrogen) atoms. The second kappa shape index (κ2) is 14.4. The summed E-state index contributed by atoms with van der Waals surface area (Å²) in [5.74, 6) is 0.977. The van der Waals surface area contributed by atoms with Gasteiger partial charge < -0.3 is 15.4 Å². The Bertz CT molecular complexity index is 1740. The highest BCUT2D eigenvalue weighted by atomic mass is 35.5. The average molecular weight is 687 g/mol. The van der Waals surface area contributed by atoms with E-state index in [4.69, 9.17) is 39.5 Å². The first-order valence-electron chi connectivity index (χ1n) is 15.4. The molecule has 1 atom stereocenters. The molecular weight excluding hydrogens is 645 g/mol. The van der Waals surface area contributed by atoms with E-state index in [0.717, 1.165) is 23.3 Å². The van der Waals surface area contributed by atoms with Crippen LogP contribution in [0.25, 0.3) is 5.69 Å². The molecule has 0 saturated carbocycles. The van der Waals surface area contributed by atoms with Crippen molar-refractivity contribution in [2.45, 2.75) is 84.8 Å². The van der Waals surface area contributed by atoms with Gasteiger partial charge in [0.05, 0.1) is 21.4 Å². The number of rotatable bonds is 12. The molecule has 1 heterocycles. The van der Waals surface area contributed by atoms with E-state index in [9.17, 15) is 9.59 Å². The van der Waals surface area contributed by atoms with Crippen LogP contribution >= 0.6 is 34.8 Å². The molecule has 0 aliphatic carbocycles. The zero-order valence-electron chi connectivity index (χ0n) is 27.3. The van der Waals surface area contributed by atoms with Gasteiger partial charge in [0.2, 0.25) is 0 Å². The molecule has 1 unspecified atom stereocenters. The number of nitrogens with zero attached hydrogens (tertiary/aromatic N) is 1. The molecule has 4 rings (SSSR count). The normalized spacial score (nSPS) is 12.5. The number of benzene rings is 3. The van der Waals surface area contributed by atoms with E-state index in [1.165, 1.54) is 29.3 Å². The van der Waals surface area contributed by atoms with Gasteiger partial charge in [-0.15, -0.1) is 0 Å². The van der Waals surface area contributed by atoms with E-state index in [-0.39, 0.29) is 38.6 Å². The Kier molecular flexibility index (Phi) is 11.1. The third kappa shape index (κ3) is 8.03. The van der Waals surface area contributed by atoms with Gasteiger partial charge >= 0.3 is 6.03 Å². The van der Waals surface area contributed by atoms with Gasteiger partial charge in [-0.05, 0) is 59.6 Å².